The highest BCUT2D eigenvalue weighted by Gasteiger charge is 2.66. The van der Waals surface area contributed by atoms with E-state index in [9.17, 15) is 50.1 Å². The molecule has 0 saturated carbocycles. The molecule has 3 aromatic rings. The summed E-state index contributed by atoms with van der Waals surface area (Å²) in [6.07, 6.45) is -2.35. The van der Waals surface area contributed by atoms with Crippen molar-refractivity contribution in [1.29, 1.82) is 0 Å². The Bertz CT molecular complexity index is 1270. The zero-order chi connectivity index (χ0) is 27.4. The highest BCUT2D eigenvalue weighted by Crippen LogP contribution is 2.47. The topological polar surface area (TPSA) is 193 Å². The normalized spacial score (nSPS) is 13.9. The number of phenolic OH excluding ortho intramolecular Hbond substituents is 3. The maximum absolute atomic E-state index is 13.0. The fourth-order valence-corrected chi connectivity index (χ4v) is 4.62. The number of carbonyl (C=O) groups is 3. The zero-order valence-corrected chi connectivity index (χ0v) is 19.5. The minimum atomic E-state index is -3.50. The summed E-state index contributed by atoms with van der Waals surface area (Å²) < 4.78 is 0. The first-order valence-corrected chi connectivity index (χ1v) is 11.2. The third-order valence-corrected chi connectivity index (χ3v) is 6.65. The number of carboxylic acids is 3. The molecule has 10 heteroatoms. The average Bonchev–Trinajstić information content (AvgIpc) is 2.84. The number of aliphatic carboxylic acids is 3. The van der Waals surface area contributed by atoms with E-state index in [0.717, 1.165) is 0 Å². The lowest BCUT2D eigenvalue weighted by molar-refractivity contribution is -0.204. The second-order valence-electron chi connectivity index (χ2n) is 8.79. The number of phenols is 3. The van der Waals surface area contributed by atoms with Gasteiger partial charge in [-0.1, -0.05) is 54.6 Å². The number of aromatic hydroxyl groups is 3. The molecule has 3 aromatic carbocycles. The van der Waals surface area contributed by atoms with Crippen LogP contribution in [0.25, 0.3) is 0 Å². The molecule has 0 bridgehead atoms. The molecule has 0 aromatic heterocycles. The van der Waals surface area contributed by atoms with E-state index in [0.29, 0.717) is 0 Å². The molecule has 7 N–H and O–H groups in total. The monoisotopic (exact) mass is 510 g/mol. The molecule has 0 spiro atoms. The maximum atomic E-state index is 13.0. The fraction of sp³-hybridized carbons (Fsp3) is 0.222. The van der Waals surface area contributed by atoms with Crippen molar-refractivity contribution < 1.29 is 50.1 Å². The van der Waals surface area contributed by atoms with Gasteiger partial charge in [0, 0.05) is 0 Å². The molecule has 194 valence electrons. The van der Waals surface area contributed by atoms with E-state index in [1.54, 1.807) is 0 Å². The minimum Gasteiger partial charge on any atom is -0.508 e. The van der Waals surface area contributed by atoms with Crippen LogP contribution in [0.2, 0.25) is 0 Å². The van der Waals surface area contributed by atoms with Crippen LogP contribution in [0.4, 0.5) is 0 Å². The number of hydrogen-bond donors (Lipinski definition) is 7. The maximum Gasteiger partial charge on any atom is 0.337 e. The van der Waals surface area contributed by atoms with Gasteiger partial charge >= 0.3 is 17.9 Å². The van der Waals surface area contributed by atoms with Crippen LogP contribution in [0, 0.1) is 11.3 Å². The van der Waals surface area contributed by atoms with E-state index in [1.165, 1.54) is 72.8 Å². The van der Waals surface area contributed by atoms with Crippen molar-refractivity contribution in [3.05, 3.63) is 89.5 Å². The summed E-state index contributed by atoms with van der Waals surface area (Å²) in [5, 5.41) is 73.8. The van der Waals surface area contributed by atoms with Gasteiger partial charge in [0.25, 0.3) is 0 Å². The first kappa shape index (κ1) is 27.0. The van der Waals surface area contributed by atoms with Crippen LogP contribution in [0.5, 0.6) is 17.2 Å². The van der Waals surface area contributed by atoms with Crippen molar-refractivity contribution >= 4 is 17.9 Å². The fourth-order valence-electron chi connectivity index (χ4n) is 4.62. The molecule has 3 rings (SSSR count). The van der Waals surface area contributed by atoms with Gasteiger partial charge in [0.1, 0.15) is 28.6 Å². The first-order valence-electron chi connectivity index (χ1n) is 11.2. The van der Waals surface area contributed by atoms with Gasteiger partial charge in [0.15, 0.2) is 5.60 Å². The molecule has 0 aliphatic carbocycles. The molecule has 0 amide bonds. The molecule has 0 aliphatic rings. The Morgan fingerprint density at radius 1 is 0.622 bits per heavy atom. The summed E-state index contributed by atoms with van der Waals surface area (Å²) in [5.41, 5.74) is -6.47. The van der Waals surface area contributed by atoms with E-state index < -0.39 is 65.6 Å². The summed E-state index contributed by atoms with van der Waals surface area (Å²) in [4.78, 5) is 38.3. The molecule has 0 fully saturated rings. The summed E-state index contributed by atoms with van der Waals surface area (Å²) in [7, 11) is 0. The van der Waals surface area contributed by atoms with Crippen LogP contribution in [-0.2, 0) is 33.6 Å². The van der Waals surface area contributed by atoms with Crippen LogP contribution < -0.4 is 0 Å². The lowest BCUT2D eigenvalue weighted by Crippen LogP contribution is -2.66. The van der Waals surface area contributed by atoms with Crippen LogP contribution in [-0.4, -0.2) is 59.3 Å². The average molecular weight is 510 g/mol. The SMILES string of the molecule is O=C(O)C(Cc1ccccc1O)C(O)(C(=O)O)C(Cc1ccccc1O)(Cc1ccccc1O)C(=O)O. The van der Waals surface area contributed by atoms with Gasteiger partial charge in [-0.2, -0.15) is 0 Å². The van der Waals surface area contributed by atoms with Crippen molar-refractivity contribution in [2.45, 2.75) is 24.9 Å². The number of para-hydroxylation sites is 3. The van der Waals surface area contributed by atoms with Crippen molar-refractivity contribution in [1.82, 2.24) is 0 Å². The molecule has 0 heterocycles. The first-order chi connectivity index (χ1) is 17.4. The molecule has 10 nitrogen and oxygen atoms in total. The highest BCUT2D eigenvalue weighted by atomic mass is 16.4. The number of hydrogen-bond acceptors (Lipinski definition) is 7. The molecule has 0 saturated heterocycles. The largest absolute Gasteiger partial charge is 0.508 e. The van der Waals surface area contributed by atoms with Crippen LogP contribution in [0.15, 0.2) is 72.8 Å². The second-order valence-corrected chi connectivity index (χ2v) is 8.79. The van der Waals surface area contributed by atoms with Gasteiger partial charge in [-0.15, -0.1) is 0 Å². The Balaban J connectivity index is 2.33. The summed E-state index contributed by atoms with van der Waals surface area (Å²) >= 11 is 0. The zero-order valence-electron chi connectivity index (χ0n) is 19.5. The Labute approximate surface area is 211 Å². The lowest BCUT2D eigenvalue weighted by Gasteiger charge is -2.44. The van der Waals surface area contributed by atoms with Gasteiger partial charge in [-0.3, -0.25) is 9.59 Å². The smallest absolute Gasteiger partial charge is 0.337 e. The van der Waals surface area contributed by atoms with Crippen molar-refractivity contribution in [2.75, 3.05) is 0 Å². The lowest BCUT2D eigenvalue weighted by atomic mass is 9.59. The summed E-state index contributed by atoms with van der Waals surface area (Å²) in [6.45, 7) is 0. The van der Waals surface area contributed by atoms with Gasteiger partial charge < -0.3 is 35.7 Å². The highest BCUT2D eigenvalue weighted by molar-refractivity contribution is 5.94. The Hall–Kier alpha value is -4.57. The van der Waals surface area contributed by atoms with E-state index in [2.05, 4.69) is 0 Å². The van der Waals surface area contributed by atoms with Gasteiger partial charge in [0.2, 0.25) is 0 Å². The molecular formula is C27H26O10. The Morgan fingerprint density at radius 3 is 1.32 bits per heavy atom. The van der Waals surface area contributed by atoms with Crippen molar-refractivity contribution in [2.24, 2.45) is 11.3 Å². The van der Waals surface area contributed by atoms with Gasteiger partial charge in [0.05, 0.1) is 0 Å². The molecule has 0 radical (unpaired) electrons. The van der Waals surface area contributed by atoms with Gasteiger partial charge in [-0.05, 0) is 54.2 Å². The second kappa shape index (κ2) is 10.6. The van der Waals surface area contributed by atoms with E-state index >= 15 is 0 Å². The third kappa shape index (κ3) is 5.05. The molecule has 0 aliphatic heterocycles. The van der Waals surface area contributed by atoms with E-state index in [4.69, 9.17) is 0 Å². The number of benzene rings is 3. The van der Waals surface area contributed by atoms with Gasteiger partial charge in [-0.25, -0.2) is 4.79 Å². The predicted molar refractivity (Wildman–Crippen MR) is 129 cm³/mol. The predicted octanol–water partition coefficient (Wildman–Crippen LogP) is 2.42. The molecule has 2 unspecified atom stereocenters. The van der Waals surface area contributed by atoms with Crippen LogP contribution in [0.1, 0.15) is 16.7 Å². The molecule has 2 atom stereocenters. The summed E-state index contributed by atoms with van der Waals surface area (Å²) in [6, 6.07) is 16.4. The number of aliphatic hydroxyl groups is 1. The van der Waals surface area contributed by atoms with Crippen LogP contribution >= 0.6 is 0 Å². The van der Waals surface area contributed by atoms with Crippen molar-refractivity contribution in [3.63, 3.8) is 0 Å². The standard InChI is InChI=1S/C27H26O10/c28-20-10-4-1-7-16(20)13-19(23(31)32)27(37,25(35)36)26(24(33)34,14-17-8-2-5-11-21(17)29)15-18-9-3-6-12-22(18)30/h1-12,19,28-30,37H,13-15H2,(H,31,32)(H,33,34)(H,35,36). The third-order valence-electron chi connectivity index (χ3n) is 6.65. The number of carboxylic acid groups (broad SMARTS) is 3. The Kier molecular flexibility index (Phi) is 7.73. The van der Waals surface area contributed by atoms with Crippen LogP contribution in [0.3, 0.4) is 0 Å². The summed E-state index contributed by atoms with van der Waals surface area (Å²) in [5.74, 6) is -9.27. The van der Waals surface area contributed by atoms with E-state index in [1.807, 2.05) is 0 Å². The molecular weight excluding hydrogens is 484 g/mol. The quantitative estimate of drug-likeness (QED) is 0.201. The van der Waals surface area contributed by atoms with E-state index in [-0.39, 0.29) is 22.4 Å². The minimum absolute atomic E-state index is 0.0287. The number of rotatable bonds is 11. The molecule has 37 heavy (non-hydrogen) atoms. The Morgan fingerprint density at radius 2 is 1.00 bits per heavy atom. The van der Waals surface area contributed by atoms with Crippen molar-refractivity contribution in [3.8, 4) is 17.2 Å².